The Morgan fingerprint density at radius 1 is 1.03 bits per heavy atom. The average Bonchev–Trinajstić information content (AvgIpc) is 3.04. The smallest absolute Gasteiger partial charge is 0.414 e. The highest BCUT2D eigenvalue weighted by atomic mass is 16.6. The molecule has 182 valence electrons. The first-order chi connectivity index (χ1) is 16.4. The van der Waals surface area contributed by atoms with E-state index in [-0.39, 0.29) is 5.69 Å². The molecule has 0 radical (unpaired) electrons. The first kappa shape index (κ1) is 24.5. The number of hydrogen-bond acceptors (Lipinski definition) is 5. The second-order valence-corrected chi connectivity index (χ2v) is 10.7. The monoisotopic (exact) mass is 472 g/mol. The molecule has 2 heterocycles. The normalized spacial score (nSPS) is 14.4. The summed E-state index contributed by atoms with van der Waals surface area (Å²) in [5, 5.41) is 0. The van der Waals surface area contributed by atoms with E-state index in [1.807, 2.05) is 90.1 Å². The Hall–Kier alpha value is -3.67. The SMILES string of the molecule is Cc1ccc(Cc2cc3c(nc2C(=O)Oc2ccccc2)C(C)(C)CN3C(=O)OC(C)(C)C)cc1. The summed E-state index contributed by atoms with van der Waals surface area (Å²) in [5.74, 6) is -0.0663. The van der Waals surface area contributed by atoms with Crippen LogP contribution in [0.15, 0.2) is 60.7 Å². The third-order valence-electron chi connectivity index (χ3n) is 5.84. The van der Waals surface area contributed by atoms with Crippen LogP contribution >= 0.6 is 0 Å². The second-order valence-electron chi connectivity index (χ2n) is 10.7. The van der Waals surface area contributed by atoms with Gasteiger partial charge in [-0.15, -0.1) is 0 Å². The lowest BCUT2D eigenvalue weighted by Crippen LogP contribution is -2.38. The minimum Gasteiger partial charge on any atom is -0.443 e. The average molecular weight is 473 g/mol. The maximum Gasteiger partial charge on any atom is 0.414 e. The number of nitrogens with zero attached hydrogens (tertiary/aromatic N) is 2. The number of amides is 1. The van der Waals surface area contributed by atoms with Crippen molar-refractivity contribution in [2.24, 2.45) is 0 Å². The molecule has 0 saturated carbocycles. The van der Waals surface area contributed by atoms with Crippen LogP contribution in [0.25, 0.3) is 0 Å². The van der Waals surface area contributed by atoms with Crippen LogP contribution in [0.1, 0.15) is 67.5 Å². The highest BCUT2D eigenvalue weighted by Gasteiger charge is 2.42. The van der Waals surface area contributed by atoms with Crippen LogP contribution in [-0.4, -0.2) is 29.2 Å². The Kier molecular flexibility index (Phi) is 6.41. The van der Waals surface area contributed by atoms with Crippen LogP contribution < -0.4 is 9.64 Å². The minimum absolute atomic E-state index is 0.257. The lowest BCUT2D eigenvalue weighted by molar-refractivity contribution is 0.0578. The summed E-state index contributed by atoms with van der Waals surface area (Å²) in [4.78, 5) is 32.8. The molecule has 35 heavy (non-hydrogen) atoms. The van der Waals surface area contributed by atoms with E-state index in [9.17, 15) is 9.59 Å². The number of esters is 1. The summed E-state index contributed by atoms with van der Waals surface area (Å²) in [5.41, 5.74) is 3.40. The van der Waals surface area contributed by atoms with Gasteiger partial charge in [-0.3, -0.25) is 4.90 Å². The number of aromatic nitrogens is 1. The van der Waals surface area contributed by atoms with E-state index < -0.39 is 23.1 Å². The van der Waals surface area contributed by atoms with Crippen molar-refractivity contribution in [2.75, 3.05) is 11.4 Å². The predicted molar refractivity (Wildman–Crippen MR) is 136 cm³/mol. The van der Waals surface area contributed by atoms with E-state index in [1.54, 1.807) is 17.0 Å². The largest absolute Gasteiger partial charge is 0.443 e. The molecule has 1 aliphatic heterocycles. The van der Waals surface area contributed by atoms with E-state index >= 15 is 0 Å². The number of fused-ring (bicyclic) bond motifs is 1. The minimum atomic E-state index is -0.623. The Morgan fingerprint density at radius 3 is 2.31 bits per heavy atom. The molecular weight excluding hydrogens is 440 g/mol. The number of pyridine rings is 1. The molecule has 4 rings (SSSR count). The molecule has 1 amide bonds. The Bertz CT molecular complexity index is 1240. The maximum absolute atomic E-state index is 13.3. The zero-order chi connectivity index (χ0) is 25.4. The van der Waals surface area contributed by atoms with Gasteiger partial charge in [-0.2, -0.15) is 0 Å². The molecule has 6 heteroatoms. The third kappa shape index (κ3) is 5.53. The first-order valence-electron chi connectivity index (χ1n) is 11.8. The lowest BCUT2D eigenvalue weighted by Gasteiger charge is -2.25. The van der Waals surface area contributed by atoms with Crippen molar-refractivity contribution in [3.05, 3.63) is 88.7 Å². The Labute approximate surface area is 206 Å². The van der Waals surface area contributed by atoms with E-state index in [4.69, 9.17) is 14.5 Å². The summed E-state index contributed by atoms with van der Waals surface area (Å²) < 4.78 is 11.3. The van der Waals surface area contributed by atoms with Gasteiger partial charge < -0.3 is 9.47 Å². The molecule has 1 aliphatic rings. The third-order valence-corrected chi connectivity index (χ3v) is 5.84. The lowest BCUT2D eigenvalue weighted by atomic mass is 9.90. The van der Waals surface area contributed by atoms with Crippen molar-refractivity contribution in [2.45, 2.75) is 59.0 Å². The second kappa shape index (κ2) is 9.17. The van der Waals surface area contributed by atoms with Crippen LogP contribution in [0.4, 0.5) is 10.5 Å². The van der Waals surface area contributed by atoms with E-state index in [0.29, 0.717) is 35.7 Å². The van der Waals surface area contributed by atoms with Gasteiger partial charge in [0.15, 0.2) is 5.69 Å². The molecule has 0 N–H and O–H groups in total. The summed E-state index contributed by atoms with van der Waals surface area (Å²) >= 11 is 0. The molecule has 0 atom stereocenters. The van der Waals surface area contributed by atoms with Gasteiger partial charge in [0.05, 0.1) is 11.4 Å². The molecule has 0 aliphatic carbocycles. The van der Waals surface area contributed by atoms with Gasteiger partial charge in [-0.05, 0) is 63.4 Å². The van der Waals surface area contributed by atoms with Crippen molar-refractivity contribution >= 4 is 17.7 Å². The number of carbonyl (C=O) groups excluding carboxylic acids is 2. The zero-order valence-electron chi connectivity index (χ0n) is 21.2. The van der Waals surface area contributed by atoms with Crippen molar-refractivity contribution in [1.82, 2.24) is 4.98 Å². The molecule has 3 aromatic rings. The fourth-order valence-corrected chi connectivity index (χ4v) is 4.16. The van der Waals surface area contributed by atoms with Crippen LogP contribution in [0.2, 0.25) is 0 Å². The van der Waals surface area contributed by atoms with E-state index in [0.717, 1.165) is 11.1 Å². The maximum atomic E-state index is 13.3. The van der Waals surface area contributed by atoms with Gasteiger partial charge >= 0.3 is 12.1 Å². The van der Waals surface area contributed by atoms with Crippen LogP contribution in [0.5, 0.6) is 5.75 Å². The van der Waals surface area contributed by atoms with Crippen molar-refractivity contribution in [1.29, 1.82) is 0 Å². The Morgan fingerprint density at radius 2 is 1.69 bits per heavy atom. The summed E-state index contributed by atoms with van der Waals surface area (Å²) in [7, 11) is 0. The molecule has 6 nitrogen and oxygen atoms in total. The summed E-state index contributed by atoms with van der Waals surface area (Å²) in [6, 6.07) is 19.0. The number of hydrogen-bond donors (Lipinski definition) is 0. The van der Waals surface area contributed by atoms with Crippen molar-refractivity contribution < 1.29 is 19.1 Å². The van der Waals surface area contributed by atoms with Crippen molar-refractivity contribution in [3.8, 4) is 5.75 Å². The topological polar surface area (TPSA) is 68.7 Å². The fourth-order valence-electron chi connectivity index (χ4n) is 4.16. The highest BCUT2D eigenvalue weighted by Crippen LogP contribution is 2.41. The number of benzene rings is 2. The van der Waals surface area contributed by atoms with E-state index in [2.05, 4.69) is 0 Å². The molecule has 2 aromatic carbocycles. The van der Waals surface area contributed by atoms with Gasteiger partial charge in [0.2, 0.25) is 0 Å². The Balaban J connectivity index is 1.79. The number of para-hydroxylation sites is 1. The molecule has 0 spiro atoms. The van der Waals surface area contributed by atoms with Gasteiger partial charge in [0, 0.05) is 12.0 Å². The first-order valence-corrected chi connectivity index (χ1v) is 11.8. The molecule has 0 unspecified atom stereocenters. The molecule has 0 fully saturated rings. The van der Waals surface area contributed by atoms with Gasteiger partial charge in [-0.25, -0.2) is 14.6 Å². The summed E-state index contributed by atoms with van der Waals surface area (Å²) in [6.07, 6.45) is 0.0505. The molecule has 1 aromatic heterocycles. The predicted octanol–water partition coefficient (Wildman–Crippen LogP) is 6.23. The molecule has 0 bridgehead atoms. The van der Waals surface area contributed by atoms with Gasteiger partial charge in [0.1, 0.15) is 11.4 Å². The highest BCUT2D eigenvalue weighted by molar-refractivity contribution is 5.95. The number of carbonyl (C=O) groups is 2. The summed E-state index contributed by atoms with van der Waals surface area (Å²) in [6.45, 7) is 12.0. The number of anilines is 1. The van der Waals surface area contributed by atoms with Crippen molar-refractivity contribution in [3.63, 3.8) is 0 Å². The fraction of sp³-hybridized carbons (Fsp3) is 0.345. The number of rotatable bonds is 4. The van der Waals surface area contributed by atoms with Crippen LogP contribution in [0.3, 0.4) is 0 Å². The van der Waals surface area contributed by atoms with Crippen LogP contribution in [-0.2, 0) is 16.6 Å². The van der Waals surface area contributed by atoms with E-state index in [1.165, 1.54) is 0 Å². The standard InChI is InChI=1S/C29H32N2O4/c1-19-12-14-20(15-13-19)16-21-17-23-25(29(5,6)18-31(23)27(33)35-28(2,3)4)30-24(21)26(32)34-22-10-8-7-9-11-22/h7-15,17H,16,18H2,1-6H3. The molecular formula is C29H32N2O4. The quantitative estimate of drug-likeness (QED) is 0.332. The number of aryl methyl sites for hydroxylation is 1. The van der Waals surface area contributed by atoms with Crippen LogP contribution in [0, 0.1) is 6.92 Å². The molecule has 0 saturated heterocycles. The zero-order valence-corrected chi connectivity index (χ0v) is 21.2. The van der Waals surface area contributed by atoms with Gasteiger partial charge in [-0.1, -0.05) is 61.9 Å². The van der Waals surface area contributed by atoms with Gasteiger partial charge in [0.25, 0.3) is 0 Å². The number of ether oxygens (including phenoxy) is 2.